The molecule has 1 aromatic rings. The predicted molar refractivity (Wildman–Crippen MR) is 54.8 cm³/mol. The second kappa shape index (κ2) is 4.17. The molecule has 0 N–H and O–H groups in total. The number of ether oxygens (including phenoxy) is 1. The lowest BCUT2D eigenvalue weighted by atomic mass is 10.2. The van der Waals surface area contributed by atoms with Gasteiger partial charge in [0, 0.05) is 12.2 Å². The van der Waals surface area contributed by atoms with Gasteiger partial charge < -0.3 is 4.74 Å². The number of amides is 2. The fourth-order valence-corrected chi connectivity index (χ4v) is 1.49. The van der Waals surface area contributed by atoms with Crippen LogP contribution < -0.4 is 9.64 Å². The van der Waals surface area contributed by atoms with Crippen molar-refractivity contribution in [3.8, 4) is 5.75 Å². The van der Waals surface area contributed by atoms with E-state index in [1.54, 1.807) is 0 Å². The van der Waals surface area contributed by atoms with Crippen molar-refractivity contribution in [3.63, 3.8) is 0 Å². The zero-order valence-corrected chi connectivity index (χ0v) is 8.77. The van der Waals surface area contributed by atoms with Crippen LogP contribution in [0.5, 0.6) is 5.75 Å². The van der Waals surface area contributed by atoms with E-state index in [4.69, 9.17) is 0 Å². The van der Waals surface area contributed by atoms with Gasteiger partial charge >= 0.3 is 6.36 Å². The van der Waals surface area contributed by atoms with Gasteiger partial charge in [0.15, 0.2) is 5.75 Å². The van der Waals surface area contributed by atoms with Crippen LogP contribution in [0.3, 0.4) is 0 Å². The normalized spacial score (nSPS) is 15.4. The maximum absolute atomic E-state index is 12.2. The average molecular weight is 257 g/mol. The number of hydrogen-bond donors (Lipinski definition) is 0. The van der Waals surface area contributed by atoms with Gasteiger partial charge in [-0.1, -0.05) is 12.1 Å². The van der Waals surface area contributed by atoms with Crippen molar-refractivity contribution in [2.24, 2.45) is 0 Å². The number of anilines is 1. The van der Waals surface area contributed by atoms with E-state index in [1.807, 2.05) is 0 Å². The van der Waals surface area contributed by atoms with Gasteiger partial charge in [-0.25, -0.2) is 4.90 Å². The Labute approximate surface area is 99.3 Å². The zero-order chi connectivity index (χ0) is 13.3. The molecule has 4 nitrogen and oxygen atoms in total. The first-order valence-corrected chi connectivity index (χ1v) is 4.79. The molecule has 0 fully saturated rings. The van der Waals surface area contributed by atoms with Crippen LogP contribution in [0.4, 0.5) is 18.9 Å². The lowest BCUT2D eigenvalue weighted by Crippen LogP contribution is -2.30. The first-order chi connectivity index (χ1) is 8.38. The Bertz CT molecular complexity index is 519. The van der Waals surface area contributed by atoms with Crippen LogP contribution >= 0.6 is 0 Å². The van der Waals surface area contributed by atoms with Crippen molar-refractivity contribution < 1.29 is 27.5 Å². The monoisotopic (exact) mass is 257 g/mol. The standard InChI is InChI=1S/C11H6F3NO3/c12-11(13,14)18-8-4-2-1-3-7(8)15-9(16)5-6-10(15)17/h1-6H. The lowest BCUT2D eigenvalue weighted by Gasteiger charge is -2.18. The van der Waals surface area contributed by atoms with Gasteiger partial charge in [0.05, 0.1) is 5.69 Å². The molecule has 2 rings (SSSR count). The van der Waals surface area contributed by atoms with Gasteiger partial charge in [-0.05, 0) is 12.1 Å². The first kappa shape index (κ1) is 12.2. The molecular weight excluding hydrogens is 251 g/mol. The maximum atomic E-state index is 12.2. The Morgan fingerprint density at radius 2 is 1.56 bits per heavy atom. The highest BCUT2D eigenvalue weighted by atomic mass is 19.4. The van der Waals surface area contributed by atoms with Crippen molar-refractivity contribution in [2.75, 3.05) is 4.90 Å². The molecule has 1 aromatic carbocycles. The van der Waals surface area contributed by atoms with Crippen molar-refractivity contribution in [2.45, 2.75) is 6.36 Å². The summed E-state index contributed by atoms with van der Waals surface area (Å²) in [5, 5.41) is 0. The summed E-state index contributed by atoms with van der Waals surface area (Å²) >= 11 is 0. The van der Waals surface area contributed by atoms with Gasteiger partial charge in [0.25, 0.3) is 11.8 Å². The fraction of sp³-hybridized carbons (Fsp3) is 0.0909. The topological polar surface area (TPSA) is 46.6 Å². The summed E-state index contributed by atoms with van der Waals surface area (Å²) in [6, 6.07) is 4.94. The van der Waals surface area contributed by atoms with Crippen LogP contribution in [0.1, 0.15) is 0 Å². The molecule has 18 heavy (non-hydrogen) atoms. The van der Waals surface area contributed by atoms with E-state index in [1.165, 1.54) is 18.2 Å². The molecule has 0 saturated carbocycles. The number of carbonyl (C=O) groups is 2. The van der Waals surface area contributed by atoms with Gasteiger partial charge in [-0.3, -0.25) is 9.59 Å². The molecule has 0 aromatic heterocycles. The molecule has 0 aliphatic carbocycles. The summed E-state index contributed by atoms with van der Waals surface area (Å²) in [5.41, 5.74) is -0.241. The van der Waals surface area contributed by atoms with E-state index >= 15 is 0 Å². The molecule has 94 valence electrons. The number of para-hydroxylation sites is 2. The van der Waals surface area contributed by atoms with Gasteiger partial charge in [0.1, 0.15) is 0 Å². The minimum Gasteiger partial charge on any atom is -0.404 e. The van der Waals surface area contributed by atoms with Crippen LogP contribution in [-0.4, -0.2) is 18.2 Å². The molecule has 0 spiro atoms. The molecule has 0 unspecified atom stereocenters. The molecule has 0 bridgehead atoms. The second-order valence-electron chi connectivity index (χ2n) is 3.36. The van der Waals surface area contributed by atoms with E-state index in [9.17, 15) is 22.8 Å². The molecule has 1 aliphatic heterocycles. The summed E-state index contributed by atoms with van der Waals surface area (Å²) in [4.78, 5) is 23.4. The number of benzene rings is 1. The van der Waals surface area contributed by atoms with E-state index in [2.05, 4.69) is 4.74 Å². The second-order valence-corrected chi connectivity index (χ2v) is 3.36. The van der Waals surface area contributed by atoms with Crippen LogP contribution in [0.15, 0.2) is 36.4 Å². The lowest BCUT2D eigenvalue weighted by molar-refractivity contribution is -0.274. The number of hydrogen-bond acceptors (Lipinski definition) is 3. The summed E-state index contributed by atoms with van der Waals surface area (Å²) in [5.74, 6) is -2.02. The summed E-state index contributed by atoms with van der Waals surface area (Å²) in [6.45, 7) is 0. The molecule has 0 atom stereocenters. The Balaban J connectivity index is 2.39. The number of carbonyl (C=O) groups excluding carboxylic acids is 2. The van der Waals surface area contributed by atoms with Gasteiger partial charge in [-0.2, -0.15) is 0 Å². The number of alkyl halides is 3. The van der Waals surface area contributed by atoms with Crippen LogP contribution in [0.25, 0.3) is 0 Å². The van der Waals surface area contributed by atoms with E-state index < -0.39 is 23.9 Å². The van der Waals surface area contributed by atoms with Crippen molar-refractivity contribution in [3.05, 3.63) is 36.4 Å². The van der Waals surface area contributed by atoms with Gasteiger partial charge in [0.2, 0.25) is 0 Å². The molecular formula is C11H6F3NO3. The number of halogens is 3. The fourth-order valence-electron chi connectivity index (χ4n) is 1.49. The Morgan fingerprint density at radius 3 is 2.11 bits per heavy atom. The highest BCUT2D eigenvalue weighted by Gasteiger charge is 2.35. The highest BCUT2D eigenvalue weighted by Crippen LogP contribution is 2.33. The SMILES string of the molecule is O=C1C=CC(=O)N1c1ccccc1OC(F)(F)F. The minimum absolute atomic E-state index is 0.241. The third-order valence-corrected chi connectivity index (χ3v) is 2.14. The first-order valence-electron chi connectivity index (χ1n) is 4.79. The number of rotatable bonds is 2. The largest absolute Gasteiger partial charge is 0.573 e. The van der Waals surface area contributed by atoms with Gasteiger partial charge in [-0.15, -0.1) is 13.2 Å². The Hall–Kier alpha value is -2.31. The van der Waals surface area contributed by atoms with E-state index in [0.717, 1.165) is 18.2 Å². The van der Waals surface area contributed by atoms with Crippen molar-refractivity contribution >= 4 is 17.5 Å². The third-order valence-electron chi connectivity index (χ3n) is 2.14. The van der Waals surface area contributed by atoms with E-state index in [-0.39, 0.29) is 5.69 Å². The number of imide groups is 1. The Morgan fingerprint density at radius 1 is 1.00 bits per heavy atom. The predicted octanol–water partition coefficient (Wildman–Crippen LogP) is 2.01. The highest BCUT2D eigenvalue weighted by molar-refractivity contribution is 6.28. The molecule has 0 radical (unpaired) electrons. The quantitative estimate of drug-likeness (QED) is 0.761. The van der Waals surface area contributed by atoms with Crippen LogP contribution in [0.2, 0.25) is 0 Å². The summed E-state index contributed by atoms with van der Waals surface area (Å²) in [6.07, 6.45) is -2.94. The van der Waals surface area contributed by atoms with E-state index in [0.29, 0.717) is 4.90 Å². The van der Waals surface area contributed by atoms with Crippen molar-refractivity contribution in [1.82, 2.24) is 0 Å². The summed E-state index contributed by atoms with van der Waals surface area (Å²) < 4.78 is 40.3. The Kier molecular flexibility index (Phi) is 2.82. The minimum atomic E-state index is -4.89. The number of nitrogens with zero attached hydrogens (tertiary/aromatic N) is 1. The molecule has 1 aliphatic rings. The molecule has 2 amide bonds. The smallest absolute Gasteiger partial charge is 0.404 e. The molecule has 0 saturated heterocycles. The maximum Gasteiger partial charge on any atom is 0.573 e. The summed E-state index contributed by atoms with van der Waals surface area (Å²) in [7, 11) is 0. The zero-order valence-electron chi connectivity index (χ0n) is 8.77. The third kappa shape index (κ3) is 2.34. The van der Waals surface area contributed by atoms with Crippen LogP contribution in [-0.2, 0) is 9.59 Å². The molecule has 7 heteroatoms. The molecule has 1 heterocycles. The average Bonchev–Trinajstić information content (AvgIpc) is 2.58. The van der Waals surface area contributed by atoms with Crippen molar-refractivity contribution in [1.29, 1.82) is 0 Å². The van der Waals surface area contributed by atoms with Crippen LogP contribution in [0, 0.1) is 0 Å².